The van der Waals surface area contributed by atoms with Gasteiger partial charge in [-0.3, -0.25) is 0 Å². The van der Waals surface area contributed by atoms with E-state index in [2.05, 4.69) is 30.2 Å². The lowest BCUT2D eigenvalue weighted by molar-refractivity contribution is 0.835. The van der Waals surface area contributed by atoms with Crippen LogP contribution in [-0.2, 0) is 6.42 Å². The summed E-state index contributed by atoms with van der Waals surface area (Å²) in [5.41, 5.74) is 2.74. The largest absolute Gasteiger partial charge is 0.367 e. The van der Waals surface area contributed by atoms with Crippen molar-refractivity contribution in [2.24, 2.45) is 0 Å². The van der Waals surface area contributed by atoms with E-state index in [1.807, 2.05) is 6.20 Å². The Morgan fingerprint density at radius 2 is 2.45 bits per heavy atom. The van der Waals surface area contributed by atoms with E-state index in [0.29, 0.717) is 6.04 Å². The minimum absolute atomic E-state index is 0.554. The molecule has 0 spiro atoms. The van der Waals surface area contributed by atoms with E-state index >= 15 is 0 Å². The van der Waals surface area contributed by atoms with E-state index < -0.39 is 0 Å². The molecule has 0 amide bonds. The normalized spacial score (nSPS) is 21.1. The molecule has 1 unspecified atom stereocenters. The second-order valence-corrected chi connectivity index (χ2v) is 3.20. The summed E-state index contributed by atoms with van der Waals surface area (Å²) in [6, 6.07) is 2.62. The fraction of sp³-hybridized carbons (Fsp3) is 0.444. The topological polar surface area (TPSA) is 24.9 Å². The monoisotopic (exact) mass is 148 g/mol. The average molecular weight is 148 g/mol. The Labute approximate surface area is 66.7 Å². The Balaban J connectivity index is 2.49. The van der Waals surface area contributed by atoms with Gasteiger partial charge in [0.25, 0.3) is 0 Å². The Hall–Kier alpha value is -1.05. The van der Waals surface area contributed by atoms with Crippen LogP contribution in [0.3, 0.4) is 0 Å². The highest BCUT2D eigenvalue weighted by Gasteiger charge is 2.18. The van der Waals surface area contributed by atoms with Crippen LogP contribution in [0.4, 0.5) is 5.82 Å². The van der Waals surface area contributed by atoms with Gasteiger partial charge in [-0.05, 0) is 37.5 Å². The van der Waals surface area contributed by atoms with Gasteiger partial charge in [-0.15, -0.1) is 0 Å². The van der Waals surface area contributed by atoms with Gasteiger partial charge in [0.2, 0.25) is 0 Å². The zero-order valence-electron chi connectivity index (χ0n) is 6.89. The molecule has 0 fully saturated rings. The lowest BCUT2D eigenvalue weighted by Gasteiger charge is -2.00. The van der Waals surface area contributed by atoms with Gasteiger partial charge < -0.3 is 5.32 Å². The molecule has 11 heavy (non-hydrogen) atoms. The molecule has 1 aromatic heterocycles. The molecule has 0 aliphatic carbocycles. The van der Waals surface area contributed by atoms with Crippen molar-refractivity contribution >= 4 is 5.82 Å². The van der Waals surface area contributed by atoms with Crippen molar-refractivity contribution in [1.82, 2.24) is 4.98 Å². The van der Waals surface area contributed by atoms with E-state index in [9.17, 15) is 0 Å². The number of hydrogen-bond donors (Lipinski definition) is 1. The maximum absolute atomic E-state index is 4.26. The molecule has 2 heteroatoms. The highest BCUT2D eigenvalue weighted by atomic mass is 15.0. The van der Waals surface area contributed by atoms with Crippen LogP contribution >= 0.6 is 0 Å². The summed E-state index contributed by atoms with van der Waals surface area (Å²) in [4.78, 5) is 4.26. The van der Waals surface area contributed by atoms with E-state index in [0.717, 1.165) is 12.2 Å². The SMILES string of the molecule is Cc1ccnc2c1CC(C)N2. The molecule has 1 atom stereocenters. The molecule has 2 nitrogen and oxygen atoms in total. The third-order valence-corrected chi connectivity index (χ3v) is 2.18. The molecule has 0 saturated heterocycles. The number of anilines is 1. The highest BCUT2D eigenvalue weighted by Crippen LogP contribution is 2.25. The first-order chi connectivity index (χ1) is 5.27. The minimum atomic E-state index is 0.554. The molecule has 0 aromatic carbocycles. The zero-order chi connectivity index (χ0) is 7.84. The van der Waals surface area contributed by atoms with Crippen molar-refractivity contribution in [3.63, 3.8) is 0 Å². The maximum Gasteiger partial charge on any atom is 0.129 e. The first-order valence-corrected chi connectivity index (χ1v) is 3.98. The number of aryl methyl sites for hydroxylation is 1. The summed E-state index contributed by atoms with van der Waals surface area (Å²) in [5.74, 6) is 1.08. The van der Waals surface area contributed by atoms with E-state index in [1.54, 1.807) is 0 Å². The highest BCUT2D eigenvalue weighted by molar-refractivity contribution is 5.53. The molecule has 0 bridgehead atoms. The first-order valence-electron chi connectivity index (χ1n) is 3.98. The van der Waals surface area contributed by atoms with Gasteiger partial charge in [-0.2, -0.15) is 0 Å². The number of hydrogen-bond acceptors (Lipinski definition) is 2. The lowest BCUT2D eigenvalue weighted by Crippen LogP contribution is -2.08. The molecule has 1 aliphatic heterocycles. The van der Waals surface area contributed by atoms with Crippen LogP contribution in [0.1, 0.15) is 18.1 Å². The van der Waals surface area contributed by atoms with Gasteiger partial charge in [0.05, 0.1) is 0 Å². The van der Waals surface area contributed by atoms with Gasteiger partial charge in [0.15, 0.2) is 0 Å². The number of nitrogens with zero attached hydrogens (tertiary/aromatic N) is 1. The van der Waals surface area contributed by atoms with Crippen molar-refractivity contribution in [1.29, 1.82) is 0 Å². The van der Waals surface area contributed by atoms with Crippen molar-refractivity contribution in [3.05, 3.63) is 23.4 Å². The molecule has 2 rings (SSSR count). The molecule has 0 radical (unpaired) electrons. The summed E-state index contributed by atoms with van der Waals surface area (Å²) in [6.07, 6.45) is 2.98. The first kappa shape index (κ1) is 6.65. The summed E-state index contributed by atoms with van der Waals surface area (Å²) in [6.45, 7) is 4.32. The fourth-order valence-electron chi connectivity index (χ4n) is 1.56. The van der Waals surface area contributed by atoms with Crippen molar-refractivity contribution in [3.8, 4) is 0 Å². The summed E-state index contributed by atoms with van der Waals surface area (Å²) in [5, 5.41) is 3.33. The van der Waals surface area contributed by atoms with Crippen molar-refractivity contribution < 1.29 is 0 Å². The molecular weight excluding hydrogens is 136 g/mol. The molecule has 0 saturated carbocycles. The predicted molar refractivity (Wildman–Crippen MR) is 45.8 cm³/mol. The Bertz CT molecular complexity index is 281. The molecule has 58 valence electrons. The lowest BCUT2D eigenvalue weighted by atomic mass is 10.1. The zero-order valence-corrected chi connectivity index (χ0v) is 6.89. The summed E-state index contributed by atoms with van der Waals surface area (Å²) in [7, 11) is 0. The number of pyridine rings is 1. The van der Waals surface area contributed by atoms with E-state index in [1.165, 1.54) is 11.1 Å². The Morgan fingerprint density at radius 3 is 3.18 bits per heavy atom. The van der Waals surface area contributed by atoms with Crippen LogP contribution in [0.15, 0.2) is 12.3 Å². The second-order valence-electron chi connectivity index (χ2n) is 3.20. The average Bonchev–Trinajstić information content (AvgIpc) is 2.31. The van der Waals surface area contributed by atoms with Crippen LogP contribution in [-0.4, -0.2) is 11.0 Å². The van der Waals surface area contributed by atoms with Gasteiger partial charge in [-0.25, -0.2) is 4.98 Å². The molecule has 1 N–H and O–H groups in total. The standard InChI is InChI=1S/C9H12N2/c1-6-3-4-10-9-8(6)5-7(2)11-9/h3-4,7H,5H2,1-2H3,(H,10,11). The maximum atomic E-state index is 4.26. The Morgan fingerprint density at radius 1 is 1.64 bits per heavy atom. The van der Waals surface area contributed by atoms with Gasteiger partial charge >= 0.3 is 0 Å². The molecule has 2 heterocycles. The smallest absolute Gasteiger partial charge is 0.129 e. The van der Waals surface area contributed by atoms with Gasteiger partial charge in [0.1, 0.15) is 5.82 Å². The van der Waals surface area contributed by atoms with Crippen LogP contribution in [0.5, 0.6) is 0 Å². The van der Waals surface area contributed by atoms with E-state index in [-0.39, 0.29) is 0 Å². The van der Waals surface area contributed by atoms with Crippen LogP contribution in [0, 0.1) is 6.92 Å². The molecular formula is C9H12N2. The minimum Gasteiger partial charge on any atom is -0.367 e. The molecule has 1 aromatic rings. The quantitative estimate of drug-likeness (QED) is 0.606. The number of nitrogens with one attached hydrogen (secondary N) is 1. The second kappa shape index (κ2) is 2.22. The van der Waals surface area contributed by atoms with E-state index in [4.69, 9.17) is 0 Å². The van der Waals surface area contributed by atoms with Crippen LogP contribution in [0.2, 0.25) is 0 Å². The van der Waals surface area contributed by atoms with Crippen LogP contribution in [0.25, 0.3) is 0 Å². The third-order valence-electron chi connectivity index (χ3n) is 2.18. The third kappa shape index (κ3) is 0.985. The van der Waals surface area contributed by atoms with Gasteiger partial charge in [-0.1, -0.05) is 0 Å². The summed E-state index contributed by atoms with van der Waals surface area (Å²) < 4.78 is 0. The number of fused-ring (bicyclic) bond motifs is 1. The fourth-order valence-corrected chi connectivity index (χ4v) is 1.56. The van der Waals surface area contributed by atoms with Crippen molar-refractivity contribution in [2.45, 2.75) is 26.3 Å². The Kier molecular flexibility index (Phi) is 1.34. The van der Waals surface area contributed by atoms with Gasteiger partial charge in [0, 0.05) is 12.2 Å². The number of rotatable bonds is 0. The predicted octanol–water partition coefficient (Wildman–Crippen LogP) is 1.75. The number of aromatic nitrogens is 1. The van der Waals surface area contributed by atoms with Crippen LogP contribution < -0.4 is 5.32 Å². The van der Waals surface area contributed by atoms with Crippen molar-refractivity contribution in [2.75, 3.05) is 5.32 Å². The summed E-state index contributed by atoms with van der Waals surface area (Å²) >= 11 is 0. The molecule has 1 aliphatic rings.